The van der Waals surface area contributed by atoms with Crippen LogP contribution in [0.15, 0.2) is 22.6 Å². The Bertz CT molecular complexity index is 902. The van der Waals surface area contributed by atoms with Crippen molar-refractivity contribution in [3.8, 4) is 17.2 Å². The molecule has 1 aromatic heterocycles. The molecule has 1 amide bonds. The molecule has 1 aliphatic carbocycles. The van der Waals surface area contributed by atoms with E-state index in [0.29, 0.717) is 36.3 Å². The van der Waals surface area contributed by atoms with Crippen molar-refractivity contribution in [3.05, 3.63) is 35.6 Å². The lowest BCUT2D eigenvalue weighted by Crippen LogP contribution is -2.36. The molecule has 2 fully saturated rings. The molecule has 0 atom stereocenters. The van der Waals surface area contributed by atoms with Gasteiger partial charge in [0.2, 0.25) is 23.4 Å². The number of rotatable bonds is 7. The molecular formula is C22H27N3O5. The summed E-state index contributed by atoms with van der Waals surface area (Å²) in [6.45, 7) is 1.34. The fraction of sp³-hybridized carbons (Fsp3) is 0.500. The average Bonchev–Trinajstić information content (AvgIpc) is 3.53. The number of amides is 1. The lowest BCUT2D eigenvalue weighted by atomic mass is 9.97. The molecule has 1 saturated carbocycles. The van der Waals surface area contributed by atoms with Gasteiger partial charge in [-0.3, -0.25) is 4.79 Å². The maximum absolute atomic E-state index is 12.6. The SMILES string of the molecule is COc1cc(C=CC(=O)N2CCC(c3nnc(C4CC4)o3)CC2)cc(OC)c1OC. The number of methoxy groups -OCH3 is 3. The topological polar surface area (TPSA) is 86.9 Å². The van der Waals surface area contributed by atoms with Crippen LogP contribution in [-0.4, -0.2) is 55.4 Å². The van der Waals surface area contributed by atoms with Gasteiger partial charge in [0.05, 0.1) is 21.3 Å². The van der Waals surface area contributed by atoms with Crippen LogP contribution in [-0.2, 0) is 4.79 Å². The third-order valence-electron chi connectivity index (χ3n) is 5.64. The molecular weight excluding hydrogens is 386 g/mol. The quantitative estimate of drug-likeness (QED) is 0.643. The summed E-state index contributed by atoms with van der Waals surface area (Å²) in [6.07, 6.45) is 7.30. The van der Waals surface area contributed by atoms with Gasteiger partial charge in [-0.2, -0.15) is 0 Å². The molecule has 1 saturated heterocycles. The fourth-order valence-electron chi connectivity index (χ4n) is 3.72. The highest BCUT2D eigenvalue weighted by Crippen LogP contribution is 2.40. The number of piperidine rings is 1. The maximum Gasteiger partial charge on any atom is 0.246 e. The van der Waals surface area contributed by atoms with Crippen LogP contribution in [0, 0.1) is 0 Å². The third-order valence-corrected chi connectivity index (χ3v) is 5.64. The molecule has 8 heteroatoms. The summed E-state index contributed by atoms with van der Waals surface area (Å²) >= 11 is 0. The van der Waals surface area contributed by atoms with Gasteiger partial charge in [0.15, 0.2) is 11.5 Å². The normalized spacial score (nSPS) is 17.4. The number of hydrogen-bond donors (Lipinski definition) is 0. The van der Waals surface area contributed by atoms with Crippen molar-refractivity contribution >= 4 is 12.0 Å². The number of hydrogen-bond acceptors (Lipinski definition) is 7. The first-order valence-corrected chi connectivity index (χ1v) is 10.2. The summed E-state index contributed by atoms with van der Waals surface area (Å²) in [7, 11) is 4.69. The lowest BCUT2D eigenvalue weighted by Gasteiger charge is -2.29. The standard InChI is InChI=1S/C22H27N3O5/c1-27-17-12-14(13-18(28-2)20(17)29-3)4-7-19(26)25-10-8-16(9-11-25)22-24-23-21(30-22)15-5-6-15/h4,7,12-13,15-16H,5-6,8-11H2,1-3H3. The van der Waals surface area contributed by atoms with Gasteiger partial charge in [-0.25, -0.2) is 0 Å². The second-order valence-electron chi connectivity index (χ2n) is 7.64. The molecule has 1 aliphatic heterocycles. The summed E-state index contributed by atoms with van der Waals surface area (Å²) in [5.41, 5.74) is 0.797. The van der Waals surface area contributed by atoms with E-state index in [1.54, 1.807) is 33.5 Å². The van der Waals surface area contributed by atoms with Crippen LogP contribution in [0.3, 0.4) is 0 Å². The Hall–Kier alpha value is -3.03. The van der Waals surface area contributed by atoms with E-state index in [-0.39, 0.29) is 11.8 Å². The second kappa shape index (κ2) is 8.77. The Balaban J connectivity index is 1.36. The summed E-state index contributed by atoms with van der Waals surface area (Å²) in [6, 6.07) is 3.62. The number of nitrogens with zero attached hydrogens (tertiary/aromatic N) is 3. The smallest absolute Gasteiger partial charge is 0.246 e. The monoisotopic (exact) mass is 413 g/mol. The van der Waals surface area contributed by atoms with Gasteiger partial charge in [-0.05, 0) is 49.5 Å². The number of benzene rings is 1. The Labute approximate surface area is 175 Å². The Kier molecular flexibility index (Phi) is 5.92. The van der Waals surface area contributed by atoms with Crippen molar-refractivity contribution in [3.63, 3.8) is 0 Å². The van der Waals surface area contributed by atoms with Gasteiger partial charge in [0.25, 0.3) is 0 Å². The van der Waals surface area contributed by atoms with E-state index in [4.69, 9.17) is 18.6 Å². The van der Waals surface area contributed by atoms with Gasteiger partial charge < -0.3 is 23.5 Å². The van der Waals surface area contributed by atoms with Gasteiger partial charge >= 0.3 is 0 Å². The van der Waals surface area contributed by atoms with Crippen LogP contribution in [0.4, 0.5) is 0 Å². The van der Waals surface area contributed by atoms with Crippen LogP contribution in [0.5, 0.6) is 17.2 Å². The first-order valence-electron chi connectivity index (χ1n) is 10.2. The van der Waals surface area contributed by atoms with E-state index in [1.807, 2.05) is 17.0 Å². The van der Waals surface area contributed by atoms with E-state index in [2.05, 4.69) is 10.2 Å². The molecule has 8 nitrogen and oxygen atoms in total. The highest BCUT2D eigenvalue weighted by Gasteiger charge is 2.32. The number of ether oxygens (including phenoxy) is 3. The largest absolute Gasteiger partial charge is 0.493 e. The van der Waals surface area contributed by atoms with Gasteiger partial charge in [0, 0.05) is 31.0 Å². The Morgan fingerprint density at radius 2 is 1.53 bits per heavy atom. The summed E-state index contributed by atoms with van der Waals surface area (Å²) < 4.78 is 21.9. The Morgan fingerprint density at radius 1 is 0.967 bits per heavy atom. The van der Waals surface area contributed by atoms with E-state index in [9.17, 15) is 4.79 Å². The van der Waals surface area contributed by atoms with Crippen LogP contribution in [0.2, 0.25) is 0 Å². The molecule has 4 rings (SSSR count). The molecule has 1 aromatic carbocycles. The highest BCUT2D eigenvalue weighted by atomic mass is 16.5. The van der Waals surface area contributed by atoms with Gasteiger partial charge in [-0.1, -0.05) is 0 Å². The van der Waals surface area contributed by atoms with Crippen molar-refractivity contribution in [2.75, 3.05) is 34.4 Å². The van der Waals surface area contributed by atoms with Crippen LogP contribution in [0.25, 0.3) is 6.08 Å². The summed E-state index contributed by atoms with van der Waals surface area (Å²) in [4.78, 5) is 14.5. The molecule has 30 heavy (non-hydrogen) atoms. The first-order chi connectivity index (χ1) is 14.6. The molecule has 0 radical (unpaired) electrons. The summed E-state index contributed by atoms with van der Waals surface area (Å²) in [5, 5.41) is 8.40. The average molecular weight is 413 g/mol. The molecule has 0 N–H and O–H groups in total. The lowest BCUT2D eigenvalue weighted by molar-refractivity contribution is -0.127. The zero-order valence-corrected chi connectivity index (χ0v) is 17.6. The van der Waals surface area contributed by atoms with Gasteiger partial charge in [0.1, 0.15) is 0 Å². The predicted octanol–water partition coefficient (Wildman–Crippen LogP) is 3.39. The minimum absolute atomic E-state index is 0.0219. The van der Waals surface area contributed by atoms with Crippen molar-refractivity contribution in [1.29, 1.82) is 0 Å². The van der Waals surface area contributed by atoms with Crippen molar-refractivity contribution in [2.24, 2.45) is 0 Å². The zero-order chi connectivity index (χ0) is 21.1. The van der Waals surface area contributed by atoms with Crippen LogP contribution in [0.1, 0.15) is 54.9 Å². The van der Waals surface area contributed by atoms with E-state index in [0.717, 1.165) is 43.0 Å². The van der Waals surface area contributed by atoms with E-state index in [1.165, 1.54) is 0 Å². The Morgan fingerprint density at radius 3 is 2.03 bits per heavy atom. The number of carbonyl (C=O) groups excluding carboxylic acids is 1. The molecule has 160 valence electrons. The number of likely N-dealkylation sites (tertiary alicyclic amines) is 1. The zero-order valence-electron chi connectivity index (χ0n) is 17.6. The number of aromatic nitrogens is 2. The second-order valence-corrected chi connectivity index (χ2v) is 7.64. The van der Waals surface area contributed by atoms with Gasteiger partial charge in [-0.15, -0.1) is 10.2 Å². The first kappa shape index (κ1) is 20.3. The summed E-state index contributed by atoms with van der Waals surface area (Å²) in [5.74, 6) is 3.79. The predicted molar refractivity (Wildman–Crippen MR) is 110 cm³/mol. The molecule has 0 spiro atoms. The minimum atomic E-state index is -0.0219. The van der Waals surface area contributed by atoms with E-state index < -0.39 is 0 Å². The van der Waals surface area contributed by atoms with Crippen molar-refractivity contribution in [2.45, 2.75) is 37.5 Å². The highest BCUT2D eigenvalue weighted by molar-refractivity contribution is 5.92. The van der Waals surface area contributed by atoms with Crippen molar-refractivity contribution < 1.29 is 23.4 Å². The third kappa shape index (κ3) is 4.27. The minimum Gasteiger partial charge on any atom is -0.493 e. The molecule has 2 aromatic rings. The maximum atomic E-state index is 12.6. The fourth-order valence-corrected chi connectivity index (χ4v) is 3.72. The van der Waals surface area contributed by atoms with Crippen LogP contribution >= 0.6 is 0 Å². The molecule has 0 bridgehead atoms. The van der Waals surface area contributed by atoms with Crippen LogP contribution < -0.4 is 14.2 Å². The molecule has 2 aliphatic rings. The van der Waals surface area contributed by atoms with E-state index >= 15 is 0 Å². The molecule has 0 unspecified atom stereocenters. The molecule has 2 heterocycles. The number of carbonyl (C=O) groups is 1. The van der Waals surface area contributed by atoms with Crippen molar-refractivity contribution in [1.82, 2.24) is 15.1 Å².